The summed E-state index contributed by atoms with van der Waals surface area (Å²) < 4.78 is 0. The lowest BCUT2D eigenvalue weighted by Gasteiger charge is -2.10. The second kappa shape index (κ2) is 5.39. The molecule has 1 heterocycles. The first-order valence-corrected chi connectivity index (χ1v) is 4.50. The number of hydrogen-bond donors (Lipinski definition) is 2. The van der Waals surface area contributed by atoms with Gasteiger partial charge < -0.3 is 5.32 Å². The number of nitrogens with one attached hydrogen (secondary N) is 2. The standard InChI is InChI=1S/C10H15N3/c1-3-4-5-7-11-9(2)10-6-8-12-13-10/h1,6,8-9,11H,4-5,7H2,2H3,(H,12,13). The molecule has 13 heavy (non-hydrogen) atoms. The van der Waals surface area contributed by atoms with Gasteiger partial charge in [0.25, 0.3) is 0 Å². The maximum Gasteiger partial charge on any atom is 0.0518 e. The molecular weight excluding hydrogens is 162 g/mol. The molecule has 0 aromatic carbocycles. The summed E-state index contributed by atoms with van der Waals surface area (Å²) in [5, 5.41) is 10.2. The molecule has 1 rings (SSSR count). The Morgan fingerprint density at radius 2 is 2.62 bits per heavy atom. The van der Waals surface area contributed by atoms with Crippen LogP contribution in [0.5, 0.6) is 0 Å². The highest BCUT2D eigenvalue weighted by molar-refractivity contribution is 5.02. The zero-order valence-electron chi connectivity index (χ0n) is 7.88. The molecule has 1 aromatic heterocycles. The van der Waals surface area contributed by atoms with Crippen molar-refractivity contribution in [1.82, 2.24) is 15.5 Å². The summed E-state index contributed by atoms with van der Waals surface area (Å²) in [5.74, 6) is 2.62. The number of aromatic nitrogens is 2. The predicted molar refractivity (Wildman–Crippen MR) is 53.1 cm³/mol. The quantitative estimate of drug-likeness (QED) is 0.528. The zero-order valence-corrected chi connectivity index (χ0v) is 7.88. The van der Waals surface area contributed by atoms with Gasteiger partial charge in [0.05, 0.1) is 5.69 Å². The van der Waals surface area contributed by atoms with E-state index in [0.717, 1.165) is 25.1 Å². The Kier molecular flexibility index (Phi) is 4.07. The summed E-state index contributed by atoms with van der Waals surface area (Å²) in [4.78, 5) is 0. The minimum absolute atomic E-state index is 0.320. The van der Waals surface area contributed by atoms with Gasteiger partial charge >= 0.3 is 0 Å². The molecule has 3 nitrogen and oxygen atoms in total. The Labute approximate surface area is 78.9 Å². The van der Waals surface area contributed by atoms with Gasteiger partial charge in [-0.15, -0.1) is 12.3 Å². The van der Waals surface area contributed by atoms with E-state index in [0.29, 0.717) is 6.04 Å². The van der Waals surface area contributed by atoms with Gasteiger partial charge in [-0.2, -0.15) is 5.10 Å². The summed E-state index contributed by atoms with van der Waals surface area (Å²) >= 11 is 0. The highest BCUT2D eigenvalue weighted by atomic mass is 15.1. The monoisotopic (exact) mass is 177 g/mol. The summed E-state index contributed by atoms with van der Waals surface area (Å²) in [6.45, 7) is 3.05. The number of rotatable bonds is 5. The molecule has 3 heteroatoms. The zero-order chi connectivity index (χ0) is 9.52. The molecule has 0 bridgehead atoms. The average Bonchev–Trinajstić information content (AvgIpc) is 2.65. The molecule has 0 aliphatic carbocycles. The fourth-order valence-electron chi connectivity index (χ4n) is 1.13. The lowest BCUT2D eigenvalue weighted by Crippen LogP contribution is -2.20. The molecular formula is C10H15N3. The first kappa shape index (κ1) is 9.82. The summed E-state index contributed by atoms with van der Waals surface area (Å²) in [6.07, 6.45) is 8.76. The van der Waals surface area contributed by atoms with Crippen molar-refractivity contribution >= 4 is 0 Å². The minimum Gasteiger partial charge on any atom is -0.309 e. The molecule has 70 valence electrons. The number of nitrogens with zero attached hydrogens (tertiary/aromatic N) is 1. The van der Waals surface area contributed by atoms with Crippen molar-refractivity contribution < 1.29 is 0 Å². The van der Waals surface area contributed by atoms with Gasteiger partial charge in [-0.25, -0.2) is 0 Å². The van der Waals surface area contributed by atoms with Gasteiger partial charge in [-0.3, -0.25) is 5.10 Å². The lowest BCUT2D eigenvalue weighted by molar-refractivity contribution is 0.550. The molecule has 0 radical (unpaired) electrons. The Hall–Kier alpha value is -1.27. The van der Waals surface area contributed by atoms with Gasteiger partial charge in [-0.1, -0.05) is 0 Å². The molecule has 0 fully saturated rings. The van der Waals surface area contributed by atoms with Crippen LogP contribution < -0.4 is 5.32 Å². The fourth-order valence-corrected chi connectivity index (χ4v) is 1.13. The number of aromatic amines is 1. The number of hydrogen-bond acceptors (Lipinski definition) is 2. The third-order valence-corrected chi connectivity index (χ3v) is 1.94. The topological polar surface area (TPSA) is 40.7 Å². The third-order valence-electron chi connectivity index (χ3n) is 1.94. The predicted octanol–water partition coefficient (Wildman–Crippen LogP) is 1.47. The summed E-state index contributed by atoms with van der Waals surface area (Å²) in [6, 6.07) is 2.29. The molecule has 1 unspecified atom stereocenters. The van der Waals surface area contributed by atoms with Gasteiger partial charge in [0.2, 0.25) is 0 Å². The van der Waals surface area contributed by atoms with Gasteiger partial charge in [0.1, 0.15) is 0 Å². The average molecular weight is 177 g/mol. The van der Waals surface area contributed by atoms with Crippen molar-refractivity contribution in [3.05, 3.63) is 18.0 Å². The maximum atomic E-state index is 5.15. The van der Waals surface area contributed by atoms with Gasteiger partial charge in [0, 0.05) is 18.7 Å². The molecule has 1 aromatic rings. The van der Waals surface area contributed by atoms with E-state index in [4.69, 9.17) is 6.42 Å². The van der Waals surface area contributed by atoms with Crippen LogP contribution in [0.15, 0.2) is 12.3 Å². The number of unbranched alkanes of at least 4 members (excludes halogenated alkanes) is 1. The van der Waals surface area contributed by atoms with Crippen LogP contribution in [-0.2, 0) is 0 Å². The van der Waals surface area contributed by atoms with E-state index >= 15 is 0 Å². The van der Waals surface area contributed by atoms with E-state index in [-0.39, 0.29) is 0 Å². The molecule has 0 spiro atoms. The first-order chi connectivity index (χ1) is 6.34. The van der Waals surface area contributed by atoms with Crippen molar-refractivity contribution in [2.75, 3.05) is 6.54 Å². The highest BCUT2D eigenvalue weighted by Crippen LogP contribution is 2.06. The van der Waals surface area contributed by atoms with Crippen LogP contribution in [0.3, 0.4) is 0 Å². The van der Waals surface area contributed by atoms with Crippen LogP contribution in [0.25, 0.3) is 0 Å². The van der Waals surface area contributed by atoms with Gasteiger partial charge in [-0.05, 0) is 26.0 Å². The number of H-pyrrole nitrogens is 1. The minimum atomic E-state index is 0.320. The van der Waals surface area contributed by atoms with E-state index in [1.165, 1.54) is 0 Å². The Morgan fingerprint density at radius 1 is 1.77 bits per heavy atom. The second-order valence-corrected chi connectivity index (χ2v) is 3.00. The van der Waals surface area contributed by atoms with Crippen LogP contribution in [0.1, 0.15) is 31.5 Å². The molecule has 0 saturated heterocycles. The van der Waals surface area contributed by atoms with Crippen molar-refractivity contribution in [3.8, 4) is 12.3 Å². The Morgan fingerprint density at radius 3 is 3.23 bits per heavy atom. The lowest BCUT2D eigenvalue weighted by atomic mass is 10.2. The maximum absolute atomic E-state index is 5.15. The van der Waals surface area contributed by atoms with Crippen LogP contribution in [-0.4, -0.2) is 16.7 Å². The van der Waals surface area contributed by atoms with Crippen LogP contribution in [0.4, 0.5) is 0 Å². The SMILES string of the molecule is C#CCCCNC(C)c1ccn[nH]1. The van der Waals surface area contributed by atoms with Crippen molar-refractivity contribution in [3.63, 3.8) is 0 Å². The van der Waals surface area contributed by atoms with Crippen molar-refractivity contribution in [2.45, 2.75) is 25.8 Å². The largest absolute Gasteiger partial charge is 0.309 e. The first-order valence-electron chi connectivity index (χ1n) is 4.50. The van der Waals surface area contributed by atoms with E-state index in [9.17, 15) is 0 Å². The van der Waals surface area contributed by atoms with Crippen LogP contribution in [0.2, 0.25) is 0 Å². The van der Waals surface area contributed by atoms with Crippen molar-refractivity contribution in [2.24, 2.45) is 0 Å². The van der Waals surface area contributed by atoms with E-state index in [2.05, 4.69) is 28.4 Å². The Bertz CT molecular complexity index is 258. The molecule has 0 amide bonds. The molecule has 0 aliphatic rings. The normalized spacial score (nSPS) is 12.3. The molecule has 1 atom stereocenters. The van der Waals surface area contributed by atoms with E-state index < -0.39 is 0 Å². The second-order valence-electron chi connectivity index (χ2n) is 3.00. The summed E-state index contributed by atoms with van der Waals surface area (Å²) in [5.41, 5.74) is 1.11. The van der Waals surface area contributed by atoms with Crippen LogP contribution >= 0.6 is 0 Å². The van der Waals surface area contributed by atoms with Gasteiger partial charge in [0.15, 0.2) is 0 Å². The molecule has 2 N–H and O–H groups in total. The van der Waals surface area contributed by atoms with E-state index in [1.807, 2.05) is 6.07 Å². The van der Waals surface area contributed by atoms with Crippen molar-refractivity contribution in [1.29, 1.82) is 0 Å². The van der Waals surface area contributed by atoms with E-state index in [1.54, 1.807) is 6.20 Å². The summed E-state index contributed by atoms with van der Waals surface area (Å²) in [7, 11) is 0. The molecule has 0 aliphatic heterocycles. The smallest absolute Gasteiger partial charge is 0.0518 e. The highest BCUT2D eigenvalue weighted by Gasteiger charge is 2.03. The van der Waals surface area contributed by atoms with Crippen LogP contribution in [0, 0.1) is 12.3 Å². The third kappa shape index (κ3) is 3.30. The number of terminal acetylenes is 1. The fraction of sp³-hybridized carbons (Fsp3) is 0.500. The molecule has 0 saturated carbocycles. The Balaban J connectivity index is 2.19.